The summed E-state index contributed by atoms with van der Waals surface area (Å²) < 4.78 is 5.24. The minimum absolute atomic E-state index is 0.149. The number of aliphatic hydroxyl groups is 1. The molecule has 3 aromatic rings. The molecule has 0 aliphatic rings. The highest BCUT2D eigenvalue weighted by molar-refractivity contribution is 5.55. The van der Waals surface area contributed by atoms with Gasteiger partial charge >= 0.3 is 0 Å². The van der Waals surface area contributed by atoms with E-state index in [4.69, 9.17) is 4.52 Å². The normalized spacial score (nSPS) is 12.2. The molecule has 1 heterocycles. The zero-order valence-electron chi connectivity index (χ0n) is 12.4. The van der Waals surface area contributed by atoms with Crippen LogP contribution < -0.4 is 5.32 Å². The third-order valence-corrected chi connectivity index (χ3v) is 3.44. The standard InChI is InChI=1S/C17H17N3O3/c21-11-15(18-10-12-4-2-1-3-5-12)17-19-16(20-23-17)13-6-8-14(22)9-7-13/h1-9,15,18,21-22H,10-11H2/t15-/m0/s1. The zero-order valence-corrected chi connectivity index (χ0v) is 12.4. The van der Waals surface area contributed by atoms with Crippen molar-refractivity contribution in [2.45, 2.75) is 12.6 Å². The second kappa shape index (κ2) is 7.04. The lowest BCUT2D eigenvalue weighted by Crippen LogP contribution is -2.24. The molecule has 3 N–H and O–H groups in total. The average Bonchev–Trinajstić information content (AvgIpc) is 3.07. The molecule has 2 aromatic carbocycles. The van der Waals surface area contributed by atoms with Crippen LogP contribution in [0.2, 0.25) is 0 Å². The fourth-order valence-electron chi connectivity index (χ4n) is 2.17. The van der Waals surface area contributed by atoms with Gasteiger partial charge in [-0.1, -0.05) is 35.5 Å². The molecule has 118 valence electrons. The average molecular weight is 311 g/mol. The number of aromatic nitrogens is 2. The van der Waals surface area contributed by atoms with Crippen molar-refractivity contribution >= 4 is 0 Å². The maximum absolute atomic E-state index is 9.55. The minimum Gasteiger partial charge on any atom is -0.508 e. The van der Waals surface area contributed by atoms with Crippen LogP contribution in [0.25, 0.3) is 11.4 Å². The van der Waals surface area contributed by atoms with E-state index in [2.05, 4.69) is 15.5 Å². The third kappa shape index (κ3) is 3.74. The third-order valence-electron chi connectivity index (χ3n) is 3.44. The van der Waals surface area contributed by atoms with E-state index < -0.39 is 6.04 Å². The van der Waals surface area contributed by atoms with Crippen molar-refractivity contribution in [3.05, 3.63) is 66.1 Å². The molecule has 6 nitrogen and oxygen atoms in total. The molecule has 23 heavy (non-hydrogen) atoms. The Morgan fingerprint density at radius 3 is 2.48 bits per heavy atom. The summed E-state index contributed by atoms with van der Waals surface area (Å²) in [5, 5.41) is 26.0. The Kier molecular flexibility index (Phi) is 4.65. The number of rotatable bonds is 6. The van der Waals surface area contributed by atoms with Gasteiger partial charge in [-0.05, 0) is 29.8 Å². The first kappa shape index (κ1) is 15.2. The highest BCUT2D eigenvalue weighted by Gasteiger charge is 2.18. The molecule has 0 saturated carbocycles. The van der Waals surface area contributed by atoms with Crippen LogP contribution in [0, 0.1) is 0 Å². The van der Waals surface area contributed by atoms with Gasteiger partial charge in [-0.15, -0.1) is 0 Å². The van der Waals surface area contributed by atoms with Crippen molar-refractivity contribution in [1.29, 1.82) is 0 Å². The number of nitrogens with zero attached hydrogens (tertiary/aromatic N) is 2. The maximum Gasteiger partial charge on any atom is 0.246 e. The smallest absolute Gasteiger partial charge is 0.246 e. The molecule has 0 saturated heterocycles. The molecule has 0 fully saturated rings. The van der Waals surface area contributed by atoms with Gasteiger partial charge in [0.2, 0.25) is 11.7 Å². The summed E-state index contributed by atoms with van der Waals surface area (Å²) >= 11 is 0. The highest BCUT2D eigenvalue weighted by atomic mass is 16.5. The Morgan fingerprint density at radius 1 is 1.04 bits per heavy atom. The number of benzene rings is 2. The van der Waals surface area contributed by atoms with E-state index in [0.717, 1.165) is 11.1 Å². The summed E-state index contributed by atoms with van der Waals surface area (Å²) in [5.41, 5.74) is 1.83. The van der Waals surface area contributed by atoms with E-state index in [-0.39, 0.29) is 12.4 Å². The van der Waals surface area contributed by atoms with Crippen molar-refractivity contribution in [3.8, 4) is 17.1 Å². The van der Waals surface area contributed by atoms with Crippen LogP contribution >= 0.6 is 0 Å². The van der Waals surface area contributed by atoms with Crippen molar-refractivity contribution in [2.75, 3.05) is 6.61 Å². The molecule has 0 amide bonds. The lowest BCUT2D eigenvalue weighted by molar-refractivity contribution is 0.211. The molecular formula is C17H17N3O3. The number of phenols is 1. The van der Waals surface area contributed by atoms with Gasteiger partial charge in [0.1, 0.15) is 11.8 Å². The van der Waals surface area contributed by atoms with E-state index in [9.17, 15) is 10.2 Å². The summed E-state index contributed by atoms with van der Waals surface area (Å²) in [4.78, 5) is 4.31. The number of hydrogen-bond acceptors (Lipinski definition) is 6. The van der Waals surface area contributed by atoms with E-state index in [0.29, 0.717) is 18.3 Å². The molecule has 1 aromatic heterocycles. The maximum atomic E-state index is 9.55. The Labute approximate surface area is 133 Å². The van der Waals surface area contributed by atoms with E-state index in [1.54, 1.807) is 24.3 Å². The molecular weight excluding hydrogens is 294 g/mol. The van der Waals surface area contributed by atoms with Crippen molar-refractivity contribution in [1.82, 2.24) is 15.5 Å². The van der Waals surface area contributed by atoms with Gasteiger partial charge < -0.3 is 14.7 Å². The predicted molar refractivity (Wildman–Crippen MR) is 84.5 cm³/mol. The van der Waals surface area contributed by atoms with Gasteiger partial charge in [0, 0.05) is 12.1 Å². The highest BCUT2D eigenvalue weighted by Crippen LogP contribution is 2.21. The van der Waals surface area contributed by atoms with Crippen molar-refractivity contribution in [3.63, 3.8) is 0 Å². The molecule has 0 spiro atoms. The van der Waals surface area contributed by atoms with Crippen LogP contribution in [0.3, 0.4) is 0 Å². The number of aromatic hydroxyl groups is 1. The Balaban J connectivity index is 1.71. The van der Waals surface area contributed by atoms with Gasteiger partial charge in [0.15, 0.2) is 0 Å². The van der Waals surface area contributed by atoms with Gasteiger partial charge in [0.05, 0.1) is 6.61 Å². The van der Waals surface area contributed by atoms with Crippen LogP contribution in [0.15, 0.2) is 59.1 Å². The summed E-state index contributed by atoms with van der Waals surface area (Å²) in [5.74, 6) is 0.918. The molecule has 0 unspecified atom stereocenters. The SMILES string of the molecule is OC[C@H](NCc1ccccc1)c1nc(-c2ccc(O)cc2)no1. The molecule has 1 atom stereocenters. The second-order valence-corrected chi connectivity index (χ2v) is 5.10. The van der Waals surface area contributed by atoms with Gasteiger partial charge in [0.25, 0.3) is 0 Å². The Morgan fingerprint density at radius 2 is 1.78 bits per heavy atom. The summed E-state index contributed by atoms with van der Waals surface area (Å²) in [6.07, 6.45) is 0. The molecule has 3 rings (SSSR count). The summed E-state index contributed by atoms with van der Waals surface area (Å²) in [6.45, 7) is 0.438. The second-order valence-electron chi connectivity index (χ2n) is 5.10. The molecule has 0 radical (unpaired) electrons. The van der Waals surface area contributed by atoms with E-state index in [1.807, 2.05) is 30.3 Å². The molecule has 0 bridgehead atoms. The van der Waals surface area contributed by atoms with Gasteiger partial charge in [-0.25, -0.2) is 0 Å². The molecule has 6 heteroatoms. The van der Waals surface area contributed by atoms with Crippen molar-refractivity contribution < 1.29 is 14.7 Å². The number of aliphatic hydroxyl groups excluding tert-OH is 1. The fraction of sp³-hybridized carbons (Fsp3) is 0.176. The number of phenolic OH excluding ortho intramolecular Hbond substituents is 1. The van der Waals surface area contributed by atoms with Gasteiger partial charge in [-0.2, -0.15) is 4.98 Å². The predicted octanol–water partition coefficient (Wildman–Crippen LogP) is 2.27. The van der Waals surface area contributed by atoms with Crippen molar-refractivity contribution in [2.24, 2.45) is 0 Å². The quantitative estimate of drug-likeness (QED) is 0.647. The first-order valence-electron chi connectivity index (χ1n) is 7.27. The number of hydrogen-bond donors (Lipinski definition) is 3. The Hall–Kier alpha value is -2.70. The van der Waals surface area contributed by atoms with Crippen LogP contribution in [-0.4, -0.2) is 27.0 Å². The summed E-state index contributed by atoms with van der Waals surface area (Å²) in [6, 6.07) is 16.0. The first-order valence-corrected chi connectivity index (χ1v) is 7.27. The van der Waals surface area contributed by atoms with E-state index >= 15 is 0 Å². The summed E-state index contributed by atoms with van der Waals surface area (Å²) in [7, 11) is 0. The number of nitrogens with one attached hydrogen (secondary N) is 1. The van der Waals surface area contributed by atoms with Crippen LogP contribution in [0.5, 0.6) is 5.75 Å². The van der Waals surface area contributed by atoms with E-state index in [1.165, 1.54) is 0 Å². The molecule has 0 aliphatic carbocycles. The lowest BCUT2D eigenvalue weighted by atomic mass is 10.2. The largest absolute Gasteiger partial charge is 0.508 e. The van der Waals surface area contributed by atoms with Gasteiger partial charge in [-0.3, -0.25) is 5.32 Å². The van der Waals surface area contributed by atoms with Crippen LogP contribution in [-0.2, 0) is 6.54 Å². The van der Waals surface area contributed by atoms with Crippen LogP contribution in [0.4, 0.5) is 0 Å². The first-order chi connectivity index (χ1) is 11.3. The minimum atomic E-state index is -0.437. The van der Waals surface area contributed by atoms with Crippen LogP contribution in [0.1, 0.15) is 17.5 Å². The monoisotopic (exact) mass is 311 g/mol. The molecule has 0 aliphatic heterocycles. The zero-order chi connectivity index (χ0) is 16.1. The topological polar surface area (TPSA) is 91.4 Å². The Bertz CT molecular complexity index is 741. The lowest BCUT2D eigenvalue weighted by Gasteiger charge is -2.11. The fourth-order valence-corrected chi connectivity index (χ4v) is 2.17.